The van der Waals surface area contributed by atoms with E-state index in [0.717, 1.165) is 20.9 Å². The second-order valence-electron chi connectivity index (χ2n) is 11.2. The summed E-state index contributed by atoms with van der Waals surface area (Å²) in [4.78, 5) is 2.16. The summed E-state index contributed by atoms with van der Waals surface area (Å²) in [6, 6.07) is 22.0. The molecule has 2 aromatic heterocycles. The molecule has 0 N–H and O–H groups in total. The molecule has 2 heteroatoms. The number of hydrogen-bond acceptors (Lipinski definition) is 2. The fourth-order valence-corrected chi connectivity index (χ4v) is 5.52. The van der Waals surface area contributed by atoms with Gasteiger partial charge in [0.05, 0.1) is 9.75 Å². The van der Waals surface area contributed by atoms with Crippen molar-refractivity contribution in [2.45, 2.75) is 52.4 Å². The van der Waals surface area contributed by atoms with Gasteiger partial charge in [0.15, 0.2) is 0 Å². The van der Waals surface area contributed by atoms with Crippen molar-refractivity contribution in [3.63, 3.8) is 0 Å². The van der Waals surface area contributed by atoms with E-state index in [2.05, 4.69) is 137 Å². The van der Waals surface area contributed by atoms with Gasteiger partial charge in [0.1, 0.15) is 0 Å². The Bertz CT molecular complexity index is 1550. The van der Waals surface area contributed by atoms with Gasteiger partial charge in [-0.2, -0.15) is 0 Å². The topological polar surface area (TPSA) is 0 Å². The molecule has 0 saturated carbocycles. The average molecular weight is 503 g/mol. The second-order valence-corrected chi connectivity index (χ2v) is 13.1. The Morgan fingerprint density at radius 3 is 1.25 bits per heavy atom. The van der Waals surface area contributed by atoms with Crippen LogP contribution in [0.1, 0.15) is 73.6 Å². The number of hydrogen-bond donors (Lipinski definition) is 0. The number of benzene rings is 3. The van der Waals surface area contributed by atoms with E-state index in [1.54, 1.807) is 22.7 Å². The Morgan fingerprint density at radius 1 is 0.500 bits per heavy atom. The molecule has 0 saturated heterocycles. The highest BCUT2D eigenvalue weighted by atomic mass is 32.1. The highest BCUT2D eigenvalue weighted by Gasteiger charge is 2.20. The number of fused-ring (bicyclic) bond motifs is 2. The molecule has 0 aliphatic rings. The van der Waals surface area contributed by atoms with Crippen molar-refractivity contribution in [3.05, 3.63) is 103 Å². The lowest BCUT2D eigenvalue weighted by molar-refractivity contribution is 0.590. The molecule has 0 aliphatic heterocycles. The third-order valence-corrected chi connectivity index (χ3v) is 8.08. The Kier molecular flexibility index (Phi) is 6.30. The summed E-state index contributed by atoms with van der Waals surface area (Å²) in [7, 11) is 0. The molecule has 2 heterocycles. The molecule has 5 rings (SSSR count). The third kappa shape index (κ3) is 4.85. The Balaban J connectivity index is 1.92. The third-order valence-electron chi connectivity index (χ3n) is 6.51. The Morgan fingerprint density at radius 2 is 0.917 bits per heavy atom. The molecule has 178 valence electrons. The normalized spacial score (nSPS) is 11.7. The zero-order valence-corrected chi connectivity index (χ0v) is 23.4. The van der Waals surface area contributed by atoms with E-state index in [4.69, 9.17) is 0 Å². The number of thiophene rings is 2. The van der Waals surface area contributed by atoms with Crippen molar-refractivity contribution in [1.29, 1.82) is 0 Å². The van der Waals surface area contributed by atoms with Crippen LogP contribution in [0, 0.1) is 23.7 Å². The van der Waals surface area contributed by atoms with E-state index in [0.29, 0.717) is 0 Å². The van der Waals surface area contributed by atoms with Gasteiger partial charge in [-0.3, -0.25) is 0 Å². The maximum absolute atomic E-state index is 3.58. The quantitative estimate of drug-likeness (QED) is 0.146. The molecule has 5 aromatic rings. The fourth-order valence-electron chi connectivity index (χ4n) is 4.38. The van der Waals surface area contributed by atoms with E-state index >= 15 is 0 Å². The van der Waals surface area contributed by atoms with Gasteiger partial charge < -0.3 is 0 Å². The molecule has 0 radical (unpaired) electrons. The fraction of sp³-hybridized carbons (Fsp3) is 0.235. The summed E-state index contributed by atoms with van der Waals surface area (Å²) >= 11 is 3.36. The van der Waals surface area contributed by atoms with Gasteiger partial charge in [-0.05, 0) is 78.5 Å². The van der Waals surface area contributed by atoms with Gasteiger partial charge in [0.2, 0.25) is 0 Å². The van der Waals surface area contributed by atoms with Crippen LogP contribution in [-0.4, -0.2) is 0 Å². The zero-order chi connectivity index (χ0) is 25.5. The monoisotopic (exact) mass is 502 g/mol. The summed E-state index contributed by atoms with van der Waals surface area (Å²) in [6.07, 6.45) is 0. The average Bonchev–Trinajstić information content (AvgIpc) is 3.53. The van der Waals surface area contributed by atoms with Crippen LogP contribution in [0.15, 0.2) is 71.4 Å². The van der Waals surface area contributed by atoms with Crippen LogP contribution < -0.4 is 0 Å². The van der Waals surface area contributed by atoms with Crippen molar-refractivity contribution >= 4 is 44.2 Å². The first kappa shape index (κ1) is 24.4. The first-order valence-corrected chi connectivity index (χ1v) is 14.0. The highest BCUT2D eigenvalue weighted by Crippen LogP contribution is 2.37. The molecule has 0 amide bonds. The van der Waals surface area contributed by atoms with E-state index < -0.39 is 0 Å². The van der Waals surface area contributed by atoms with E-state index in [1.807, 2.05) is 0 Å². The summed E-state index contributed by atoms with van der Waals surface area (Å²) in [5, 5.41) is 8.85. The summed E-state index contributed by atoms with van der Waals surface area (Å²) in [6.45, 7) is 13.6. The van der Waals surface area contributed by atoms with Crippen molar-refractivity contribution in [3.8, 4) is 23.7 Å². The van der Waals surface area contributed by atoms with Crippen molar-refractivity contribution in [2.75, 3.05) is 0 Å². The molecule has 0 aliphatic carbocycles. The van der Waals surface area contributed by atoms with Gasteiger partial charge in [0.25, 0.3) is 0 Å². The second kappa shape index (κ2) is 9.29. The first-order valence-electron chi connectivity index (χ1n) is 12.3. The van der Waals surface area contributed by atoms with Crippen LogP contribution >= 0.6 is 22.7 Å². The maximum Gasteiger partial charge on any atom is 0.0772 e. The largest absolute Gasteiger partial charge is 0.135 e. The minimum atomic E-state index is 0.0422. The molecular weight excluding hydrogens is 473 g/mol. The minimum Gasteiger partial charge on any atom is -0.135 e. The molecule has 0 atom stereocenters. The van der Waals surface area contributed by atoms with Crippen molar-refractivity contribution in [1.82, 2.24) is 0 Å². The van der Waals surface area contributed by atoms with Gasteiger partial charge in [-0.25, -0.2) is 0 Å². The van der Waals surface area contributed by atoms with E-state index in [1.165, 1.54) is 32.7 Å². The standard InChI is InChI=1S/C34H30S2/c1-33(2,3)23-11-15-27-30(18-14-26-10-8-20-36-26)32-22-24(34(4,5)6)12-16-28(32)29(31(27)21-23)17-13-25-9-7-19-35-25/h7-12,15-16,19-22H,1-6H3. The lowest BCUT2D eigenvalue weighted by Crippen LogP contribution is -2.11. The summed E-state index contributed by atoms with van der Waals surface area (Å²) < 4.78 is 0. The molecule has 0 fully saturated rings. The van der Waals surface area contributed by atoms with Gasteiger partial charge in [-0.1, -0.05) is 102 Å². The van der Waals surface area contributed by atoms with Crippen LogP contribution in [0.25, 0.3) is 21.5 Å². The highest BCUT2D eigenvalue weighted by molar-refractivity contribution is 7.10. The van der Waals surface area contributed by atoms with Crippen LogP contribution in [0.4, 0.5) is 0 Å². The minimum absolute atomic E-state index is 0.0422. The van der Waals surface area contributed by atoms with Gasteiger partial charge in [-0.15, -0.1) is 22.7 Å². The molecule has 0 nitrogen and oxygen atoms in total. The predicted octanol–water partition coefficient (Wildman–Crippen LogP) is 9.51. The Hall–Kier alpha value is -3.30. The van der Waals surface area contributed by atoms with Crippen LogP contribution in [-0.2, 0) is 10.8 Å². The molecule has 0 bridgehead atoms. The molecular formula is C34H30S2. The van der Waals surface area contributed by atoms with Crippen molar-refractivity contribution < 1.29 is 0 Å². The SMILES string of the molecule is CC(C)(C)c1ccc2c(C#Cc3cccs3)c3cc(C(C)(C)C)ccc3c(C#Cc3cccs3)c2c1. The Labute approximate surface area is 223 Å². The molecule has 36 heavy (non-hydrogen) atoms. The lowest BCUT2D eigenvalue weighted by atomic mass is 9.81. The predicted molar refractivity (Wildman–Crippen MR) is 159 cm³/mol. The smallest absolute Gasteiger partial charge is 0.0772 e. The molecule has 3 aromatic carbocycles. The van der Waals surface area contributed by atoms with Crippen LogP contribution in [0.2, 0.25) is 0 Å². The lowest BCUT2D eigenvalue weighted by Gasteiger charge is -2.22. The first-order chi connectivity index (χ1) is 17.1. The molecule has 0 spiro atoms. The van der Waals surface area contributed by atoms with Gasteiger partial charge in [0, 0.05) is 11.1 Å². The van der Waals surface area contributed by atoms with Crippen LogP contribution in [0.5, 0.6) is 0 Å². The van der Waals surface area contributed by atoms with Crippen LogP contribution in [0.3, 0.4) is 0 Å². The van der Waals surface area contributed by atoms with Crippen molar-refractivity contribution in [2.24, 2.45) is 0 Å². The van der Waals surface area contributed by atoms with E-state index in [9.17, 15) is 0 Å². The summed E-state index contributed by atoms with van der Waals surface area (Å²) in [5.41, 5.74) is 4.86. The zero-order valence-electron chi connectivity index (χ0n) is 21.7. The molecule has 0 unspecified atom stereocenters. The van der Waals surface area contributed by atoms with Gasteiger partial charge >= 0.3 is 0 Å². The summed E-state index contributed by atoms with van der Waals surface area (Å²) in [5.74, 6) is 14.0. The number of rotatable bonds is 0. The van der Waals surface area contributed by atoms with E-state index in [-0.39, 0.29) is 10.8 Å². The maximum atomic E-state index is 3.58.